The summed E-state index contributed by atoms with van der Waals surface area (Å²) in [5.41, 5.74) is 1.42. The van der Waals surface area contributed by atoms with Crippen molar-refractivity contribution in [2.45, 2.75) is 39.7 Å². The first-order valence-corrected chi connectivity index (χ1v) is 10.4. The van der Waals surface area contributed by atoms with Crippen molar-refractivity contribution < 1.29 is 4.79 Å². The van der Waals surface area contributed by atoms with Gasteiger partial charge in [-0.25, -0.2) is 0 Å². The second-order valence-electron chi connectivity index (χ2n) is 8.48. The van der Waals surface area contributed by atoms with Gasteiger partial charge in [-0.3, -0.25) is 9.69 Å². The molecule has 0 bridgehead atoms. The fourth-order valence-electron chi connectivity index (χ4n) is 4.18. The summed E-state index contributed by atoms with van der Waals surface area (Å²) in [4.78, 5) is 19.5. The molecule has 0 aromatic heterocycles. The smallest absolute Gasteiger partial charge is 0.222 e. The molecule has 0 radical (unpaired) electrons. The predicted molar refractivity (Wildman–Crippen MR) is 107 cm³/mol. The van der Waals surface area contributed by atoms with Gasteiger partial charge in [0.05, 0.1) is 0 Å². The van der Waals surface area contributed by atoms with Gasteiger partial charge in [0, 0.05) is 58.8 Å². The molecule has 2 saturated heterocycles. The lowest BCUT2D eigenvalue weighted by Crippen LogP contribution is -2.48. The number of carbonyl (C=O) groups excluding carboxylic acids is 1. The van der Waals surface area contributed by atoms with Gasteiger partial charge in [-0.1, -0.05) is 44.2 Å². The summed E-state index contributed by atoms with van der Waals surface area (Å²) in [5.74, 6) is 1.58. The van der Waals surface area contributed by atoms with Crippen molar-refractivity contribution >= 4 is 5.91 Å². The lowest BCUT2D eigenvalue weighted by atomic mass is 9.95. The standard InChI is InChI=1S/C22H35N3O/c1-19(2)16-22(26)25-10-8-21(9-11-25)18-24-14-12-23(13-15-24)17-20-6-4-3-5-7-20/h3-7,19,21H,8-18H2,1-2H3. The number of carbonyl (C=O) groups is 1. The van der Waals surface area contributed by atoms with E-state index in [0.717, 1.165) is 25.6 Å². The predicted octanol–water partition coefficient (Wildman–Crippen LogP) is 3.09. The average Bonchev–Trinajstić information content (AvgIpc) is 2.64. The van der Waals surface area contributed by atoms with Gasteiger partial charge in [-0.05, 0) is 30.2 Å². The van der Waals surface area contributed by atoms with Gasteiger partial charge in [-0.2, -0.15) is 0 Å². The zero-order valence-electron chi connectivity index (χ0n) is 16.6. The fraction of sp³-hybridized carbons (Fsp3) is 0.682. The molecule has 4 nitrogen and oxygen atoms in total. The number of piperidine rings is 1. The highest BCUT2D eigenvalue weighted by molar-refractivity contribution is 5.76. The van der Waals surface area contributed by atoms with E-state index in [9.17, 15) is 4.79 Å². The summed E-state index contributed by atoms with van der Waals surface area (Å²) in [6.07, 6.45) is 3.05. The Balaban J connectivity index is 1.35. The van der Waals surface area contributed by atoms with Crippen LogP contribution in [0.15, 0.2) is 30.3 Å². The molecule has 1 amide bonds. The van der Waals surface area contributed by atoms with E-state index in [2.05, 4.69) is 58.9 Å². The number of hydrogen-bond acceptors (Lipinski definition) is 3. The van der Waals surface area contributed by atoms with Crippen LogP contribution < -0.4 is 0 Å². The van der Waals surface area contributed by atoms with Crippen LogP contribution in [0, 0.1) is 11.8 Å². The summed E-state index contributed by atoms with van der Waals surface area (Å²) < 4.78 is 0. The molecule has 2 aliphatic heterocycles. The van der Waals surface area contributed by atoms with Gasteiger partial charge < -0.3 is 9.80 Å². The zero-order chi connectivity index (χ0) is 18.4. The van der Waals surface area contributed by atoms with Crippen LogP contribution in [-0.2, 0) is 11.3 Å². The molecule has 4 heteroatoms. The maximum absolute atomic E-state index is 12.2. The van der Waals surface area contributed by atoms with E-state index in [0.29, 0.717) is 18.2 Å². The van der Waals surface area contributed by atoms with E-state index in [1.165, 1.54) is 51.1 Å². The van der Waals surface area contributed by atoms with Crippen molar-refractivity contribution in [2.24, 2.45) is 11.8 Å². The third-order valence-corrected chi connectivity index (χ3v) is 5.78. The summed E-state index contributed by atoms with van der Waals surface area (Å²) in [7, 11) is 0. The fourth-order valence-corrected chi connectivity index (χ4v) is 4.18. The molecule has 0 unspecified atom stereocenters. The lowest BCUT2D eigenvalue weighted by molar-refractivity contribution is -0.133. The van der Waals surface area contributed by atoms with Crippen molar-refractivity contribution in [1.29, 1.82) is 0 Å². The van der Waals surface area contributed by atoms with Crippen LogP contribution in [0.25, 0.3) is 0 Å². The second kappa shape index (κ2) is 9.52. The average molecular weight is 358 g/mol. The summed E-state index contributed by atoms with van der Waals surface area (Å²) >= 11 is 0. The zero-order valence-corrected chi connectivity index (χ0v) is 16.6. The van der Waals surface area contributed by atoms with Crippen LogP contribution in [0.3, 0.4) is 0 Å². The van der Waals surface area contributed by atoms with Gasteiger partial charge in [0.1, 0.15) is 0 Å². The van der Waals surface area contributed by atoms with Crippen LogP contribution >= 0.6 is 0 Å². The Morgan fingerprint density at radius 2 is 1.58 bits per heavy atom. The number of amides is 1. The molecular formula is C22H35N3O. The number of hydrogen-bond donors (Lipinski definition) is 0. The number of nitrogens with zero attached hydrogens (tertiary/aromatic N) is 3. The normalized spacial score (nSPS) is 20.7. The highest BCUT2D eigenvalue weighted by atomic mass is 16.2. The quantitative estimate of drug-likeness (QED) is 0.783. The Kier molecular flexibility index (Phi) is 7.09. The molecule has 1 aromatic carbocycles. The molecule has 26 heavy (non-hydrogen) atoms. The number of piperazine rings is 1. The highest BCUT2D eigenvalue weighted by Crippen LogP contribution is 2.21. The number of benzene rings is 1. The molecule has 0 atom stereocenters. The van der Waals surface area contributed by atoms with E-state index in [1.807, 2.05) is 0 Å². The van der Waals surface area contributed by atoms with E-state index in [-0.39, 0.29) is 0 Å². The molecule has 2 aliphatic rings. The minimum atomic E-state index is 0.355. The maximum Gasteiger partial charge on any atom is 0.222 e. The van der Waals surface area contributed by atoms with Crippen molar-refractivity contribution in [1.82, 2.24) is 14.7 Å². The molecule has 144 valence electrons. The molecular weight excluding hydrogens is 322 g/mol. The van der Waals surface area contributed by atoms with E-state index in [4.69, 9.17) is 0 Å². The Bertz CT molecular complexity index is 544. The summed E-state index contributed by atoms with van der Waals surface area (Å²) in [6.45, 7) is 13.2. The van der Waals surface area contributed by atoms with Crippen LogP contribution in [0.1, 0.15) is 38.7 Å². The van der Waals surface area contributed by atoms with Crippen LogP contribution in [0.5, 0.6) is 0 Å². The van der Waals surface area contributed by atoms with Gasteiger partial charge in [0.2, 0.25) is 5.91 Å². The van der Waals surface area contributed by atoms with Gasteiger partial charge in [0.25, 0.3) is 0 Å². The van der Waals surface area contributed by atoms with Crippen molar-refractivity contribution in [3.05, 3.63) is 35.9 Å². The Morgan fingerprint density at radius 1 is 0.962 bits per heavy atom. The van der Waals surface area contributed by atoms with Crippen LogP contribution in [0.4, 0.5) is 0 Å². The van der Waals surface area contributed by atoms with E-state index in [1.54, 1.807) is 0 Å². The van der Waals surface area contributed by atoms with Crippen LogP contribution in [-0.4, -0.2) is 66.4 Å². The minimum Gasteiger partial charge on any atom is -0.343 e. The molecule has 0 aliphatic carbocycles. The monoisotopic (exact) mass is 357 g/mol. The summed E-state index contributed by atoms with van der Waals surface area (Å²) in [5, 5.41) is 0. The van der Waals surface area contributed by atoms with Gasteiger partial charge in [-0.15, -0.1) is 0 Å². The molecule has 2 heterocycles. The van der Waals surface area contributed by atoms with Gasteiger partial charge in [0.15, 0.2) is 0 Å². The highest BCUT2D eigenvalue weighted by Gasteiger charge is 2.26. The maximum atomic E-state index is 12.2. The van der Waals surface area contributed by atoms with E-state index >= 15 is 0 Å². The Labute approximate surface area is 159 Å². The third kappa shape index (κ3) is 5.82. The molecule has 3 rings (SSSR count). The van der Waals surface area contributed by atoms with Gasteiger partial charge >= 0.3 is 0 Å². The Morgan fingerprint density at radius 3 is 2.19 bits per heavy atom. The molecule has 0 N–H and O–H groups in total. The molecule has 2 fully saturated rings. The summed E-state index contributed by atoms with van der Waals surface area (Å²) in [6, 6.07) is 10.8. The molecule has 0 spiro atoms. The number of likely N-dealkylation sites (tertiary alicyclic amines) is 1. The van der Waals surface area contributed by atoms with Crippen molar-refractivity contribution in [2.75, 3.05) is 45.8 Å². The van der Waals surface area contributed by atoms with E-state index < -0.39 is 0 Å². The van der Waals surface area contributed by atoms with Crippen molar-refractivity contribution in [3.8, 4) is 0 Å². The van der Waals surface area contributed by atoms with Crippen molar-refractivity contribution in [3.63, 3.8) is 0 Å². The minimum absolute atomic E-state index is 0.355. The number of rotatable bonds is 6. The first-order chi connectivity index (χ1) is 12.6. The first kappa shape index (κ1) is 19.4. The topological polar surface area (TPSA) is 26.8 Å². The largest absolute Gasteiger partial charge is 0.343 e. The third-order valence-electron chi connectivity index (χ3n) is 5.78. The second-order valence-corrected chi connectivity index (χ2v) is 8.48. The van der Waals surface area contributed by atoms with Crippen LogP contribution in [0.2, 0.25) is 0 Å². The lowest BCUT2D eigenvalue weighted by Gasteiger charge is -2.39. The Hall–Kier alpha value is -1.39. The SMILES string of the molecule is CC(C)CC(=O)N1CCC(CN2CCN(Cc3ccccc3)CC2)CC1. The molecule has 0 saturated carbocycles. The molecule has 1 aromatic rings. The first-order valence-electron chi connectivity index (χ1n) is 10.4.